The lowest BCUT2D eigenvalue weighted by Gasteiger charge is -2.07. The highest BCUT2D eigenvalue weighted by Crippen LogP contribution is 2.17. The molecule has 0 unspecified atom stereocenters. The molecule has 0 amide bonds. The third kappa shape index (κ3) is 4.38. The van der Waals surface area contributed by atoms with Crippen molar-refractivity contribution in [3.05, 3.63) is 66.1 Å². The Balaban J connectivity index is 1.92. The van der Waals surface area contributed by atoms with Gasteiger partial charge in [0, 0.05) is 29.8 Å². The molecule has 0 spiro atoms. The molecule has 0 aliphatic carbocycles. The monoisotopic (exact) mass is 276 g/mol. The fraction of sp³-hybridized carbons (Fsp3) is 0.0625. The molecule has 0 bridgehead atoms. The smallest absolute Gasteiger partial charge is 0.145 e. The van der Waals surface area contributed by atoms with Gasteiger partial charge in [-0.3, -0.25) is 4.98 Å². The van der Waals surface area contributed by atoms with E-state index < -0.39 is 0 Å². The van der Waals surface area contributed by atoms with E-state index in [1.165, 1.54) is 6.20 Å². The molecule has 0 saturated heterocycles. The molecule has 0 radical (unpaired) electrons. The van der Waals surface area contributed by atoms with Crippen LogP contribution in [0.3, 0.4) is 0 Å². The number of allylic oxidation sites excluding steroid dienone is 1. The Morgan fingerprint density at radius 1 is 1.19 bits per heavy atom. The number of hydrogen-bond acceptors (Lipinski definition) is 5. The van der Waals surface area contributed by atoms with Crippen LogP contribution in [0, 0.1) is 22.7 Å². The molecule has 2 rings (SSSR count). The molecule has 5 heteroatoms. The van der Waals surface area contributed by atoms with Crippen LogP contribution in [0.1, 0.15) is 5.56 Å². The summed E-state index contributed by atoms with van der Waals surface area (Å²) in [6.45, 7) is 0.452. The van der Waals surface area contributed by atoms with Crippen molar-refractivity contribution < 1.29 is 4.74 Å². The van der Waals surface area contributed by atoms with Crippen molar-refractivity contribution in [3.63, 3.8) is 0 Å². The van der Waals surface area contributed by atoms with E-state index in [-0.39, 0.29) is 5.57 Å². The molecule has 1 heterocycles. The maximum absolute atomic E-state index is 8.62. The molecule has 0 fully saturated rings. The maximum atomic E-state index is 8.62. The Hall–Kier alpha value is -3.31. The van der Waals surface area contributed by atoms with E-state index in [9.17, 15) is 0 Å². The number of anilines is 1. The van der Waals surface area contributed by atoms with E-state index in [0.29, 0.717) is 6.61 Å². The Bertz CT molecular complexity index is 678. The lowest BCUT2D eigenvalue weighted by atomic mass is 10.3. The molecule has 1 aromatic carbocycles. The minimum absolute atomic E-state index is 0.0203. The molecule has 0 saturated carbocycles. The number of aromatic nitrogens is 1. The van der Waals surface area contributed by atoms with Crippen LogP contribution in [0.4, 0.5) is 5.69 Å². The first kappa shape index (κ1) is 14.1. The van der Waals surface area contributed by atoms with Crippen LogP contribution in [0.5, 0.6) is 5.75 Å². The van der Waals surface area contributed by atoms with Crippen molar-refractivity contribution in [1.82, 2.24) is 4.98 Å². The minimum atomic E-state index is 0.0203. The second-order valence-corrected chi connectivity index (χ2v) is 4.10. The minimum Gasteiger partial charge on any atom is -0.489 e. The predicted octanol–water partition coefficient (Wildman–Crippen LogP) is 3.00. The molecule has 1 aromatic heterocycles. The largest absolute Gasteiger partial charge is 0.489 e. The van der Waals surface area contributed by atoms with Gasteiger partial charge in [-0.05, 0) is 30.3 Å². The molecule has 1 N–H and O–H groups in total. The van der Waals surface area contributed by atoms with E-state index in [0.717, 1.165) is 17.0 Å². The first-order chi connectivity index (χ1) is 10.3. The van der Waals surface area contributed by atoms with E-state index in [4.69, 9.17) is 15.3 Å². The van der Waals surface area contributed by atoms with Crippen molar-refractivity contribution >= 4 is 5.69 Å². The zero-order chi connectivity index (χ0) is 14.9. The van der Waals surface area contributed by atoms with E-state index >= 15 is 0 Å². The van der Waals surface area contributed by atoms with Gasteiger partial charge < -0.3 is 10.1 Å². The number of ether oxygens (including phenoxy) is 1. The van der Waals surface area contributed by atoms with Crippen molar-refractivity contribution in [3.8, 4) is 17.9 Å². The molecule has 21 heavy (non-hydrogen) atoms. The molecule has 2 aromatic rings. The van der Waals surface area contributed by atoms with Gasteiger partial charge in [0.05, 0.1) is 0 Å². The third-order valence-electron chi connectivity index (χ3n) is 2.61. The van der Waals surface area contributed by atoms with Gasteiger partial charge in [-0.15, -0.1) is 0 Å². The van der Waals surface area contributed by atoms with Crippen molar-refractivity contribution in [2.24, 2.45) is 0 Å². The number of rotatable bonds is 5. The number of hydrogen-bond donors (Lipinski definition) is 1. The van der Waals surface area contributed by atoms with Gasteiger partial charge in [0.2, 0.25) is 0 Å². The van der Waals surface area contributed by atoms with Crippen LogP contribution in [-0.4, -0.2) is 4.98 Å². The molecule has 0 atom stereocenters. The van der Waals surface area contributed by atoms with E-state index in [1.54, 1.807) is 36.7 Å². The number of pyridine rings is 1. The second kappa shape index (κ2) is 7.32. The molecule has 0 aliphatic rings. The lowest BCUT2D eigenvalue weighted by molar-refractivity contribution is 0.306. The Labute approximate surface area is 122 Å². The summed E-state index contributed by atoms with van der Waals surface area (Å²) in [5.74, 6) is 0.731. The Kier molecular flexibility index (Phi) is 4.92. The SMILES string of the molecule is N#CC(C#N)=CNc1ccc(OCc2cccnc2)cc1. The van der Waals surface area contributed by atoms with Crippen LogP contribution in [0.15, 0.2) is 60.6 Å². The summed E-state index contributed by atoms with van der Waals surface area (Å²) in [6.07, 6.45) is 4.84. The van der Waals surface area contributed by atoms with Crippen molar-refractivity contribution in [2.45, 2.75) is 6.61 Å². The van der Waals surface area contributed by atoms with E-state index in [1.807, 2.05) is 24.3 Å². The number of benzene rings is 1. The summed E-state index contributed by atoms with van der Waals surface area (Å²) in [6, 6.07) is 14.6. The van der Waals surface area contributed by atoms with Crippen molar-refractivity contribution in [2.75, 3.05) is 5.32 Å². The molecular weight excluding hydrogens is 264 g/mol. The molecular formula is C16H12N4O. The summed E-state index contributed by atoms with van der Waals surface area (Å²) in [4.78, 5) is 4.02. The maximum Gasteiger partial charge on any atom is 0.145 e. The van der Waals surface area contributed by atoms with Gasteiger partial charge in [-0.1, -0.05) is 6.07 Å². The van der Waals surface area contributed by atoms with Crippen LogP contribution >= 0.6 is 0 Å². The summed E-state index contributed by atoms with van der Waals surface area (Å²) >= 11 is 0. The topological polar surface area (TPSA) is 81.7 Å². The highest BCUT2D eigenvalue weighted by molar-refractivity contribution is 5.51. The predicted molar refractivity (Wildman–Crippen MR) is 77.9 cm³/mol. The Morgan fingerprint density at radius 2 is 1.95 bits per heavy atom. The molecule has 102 valence electrons. The van der Waals surface area contributed by atoms with Gasteiger partial charge in [-0.2, -0.15) is 10.5 Å². The summed E-state index contributed by atoms with van der Waals surface area (Å²) in [5.41, 5.74) is 1.79. The van der Waals surface area contributed by atoms with Crippen LogP contribution in [0.2, 0.25) is 0 Å². The Morgan fingerprint density at radius 3 is 2.57 bits per heavy atom. The lowest BCUT2D eigenvalue weighted by Crippen LogP contribution is -1.96. The molecule has 0 aliphatic heterocycles. The third-order valence-corrected chi connectivity index (χ3v) is 2.61. The summed E-state index contributed by atoms with van der Waals surface area (Å²) < 4.78 is 5.63. The van der Waals surface area contributed by atoms with Gasteiger partial charge in [-0.25, -0.2) is 0 Å². The highest BCUT2D eigenvalue weighted by atomic mass is 16.5. The van der Waals surface area contributed by atoms with Crippen molar-refractivity contribution in [1.29, 1.82) is 10.5 Å². The summed E-state index contributed by atoms with van der Waals surface area (Å²) in [5, 5.41) is 20.1. The van der Waals surface area contributed by atoms with Crippen LogP contribution in [-0.2, 0) is 6.61 Å². The van der Waals surface area contributed by atoms with Gasteiger partial charge in [0.15, 0.2) is 0 Å². The van der Waals surface area contributed by atoms with Gasteiger partial charge >= 0.3 is 0 Å². The van der Waals surface area contributed by atoms with Gasteiger partial charge in [0.25, 0.3) is 0 Å². The fourth-order valence-corrected chi connectivity index (χ4v) is 1.54. The zero-order valence-electron chi connectivity index (χ0n) is 11.2. The first-order valence-electron chi connectivity index (χ1n) is 6.20. The number of nitrogens with zero attached hydrogens (tertiary/aromatic N) is 3. The average Bonchev–Trinajstić information content (AvgIpc) is 2.56. The normalized spacial score (nSPS) is 9.05. The molecule has 5 nitrogen and oxygen atoms in total. The highest BCUT2D eigenvalue weighted by Gasteiger charge is 1.97. The van der Waals surface area contributed by atoms with Gasteiger partial charge in [0.1, 0.15) is 30.1 Å². The average molecular weight is 276 g/mol. The standard InChI is InChI=1S/C16H12N4O/c17-8-14(9-18)11-20-15-3-5-16(6-4-15)21-12-13-2-1-7-19-10-13/h1-7,10-11,20H,12H2. The van der Waals surface area contributed by atoms with E-state index in [2.05, 4.69) is 10.3 Å². The zero-order valence-corrected chi connectivity index (χ0v) is 11.2. The van der Waals surface area contributed by atoms with Crippen LogP contribution < -0.4 is 10.1 Å². The number of nitrogens with one attached hydrogen (secondary N) is 1. The summed E-state index contributed by atoms with van der Waals surface area (Å²) in [7, 11) is 0. The number of nitriles is 2. The fourth-order valence-electron chi connectivity index (χ4n) is 1.54. The first-order valence-corrected chi connectivity index (χ1v) is 6.20. The van der Waals surface area contributed by atoms with Crippen LogP contribution in [0.25, 0.3) is 0 Å². The quantitative estimate of drug-likeness (QED) is 0.849. The second-order valence-electron chi connectivity index (χ2n) is 4.10.